The van der Waals surface area contributed by atoms with E-state index in [0.29, 0.717) is 24.4 Å². The summed E-state index contributed by atoms with van der Waals surface area (Å²) in [5, 5.41) is 8.78. The first-order valence-corrected chi connectivity index (χ1v) is 6.03. The summed E-state index contributed by atoms with van der Waals surface area (Å²) < 4.78 is 0. The maximum Gasteiger partial charge on any atom is 0.0638 e. The van der Waals surface area contributed by atoms with Crippen LogP contribution in [0.25, 0.3) is 0 Å². The third-order valence-electron chi connectivity index (χ3n) is 3.82. The van der Waals surface area contributed by atoms with Gasteiger partial charge in [0.2, 0.25) is 0 Å². The van der Waals surface area contributed by atoms with Crippen LogP contribution in [-0.4, -0.2) is 30.6 Å². The van der Waals surface area contributed by atoms with Gasteiger partial charge in [-0.1, -0.05) is 13.3 Å². The molecule has 1 rings (SSSR count). The van der Waals surface area contributed by atoms with Crippen molar-refractivity contribution in [1.82, 2.24) is 4.90 Å². The average molecular weight is 209 g/mol. The van der Waals surface area contributed by atoms with Crippen molar-refractivity contribution in [1.29, 1.82) is 5.26 Å². The number of rotatable bonds is 5. The Kier molecular flexibility index (Phi) is 5.07. The molecule has 1 aliphatic rings. The minimum atomic E-state index is 0.409. The van der Waals surface area contributed by atoms with Crippen LogP contribution in [0.3, 0.4) is 0 Å². The van der Waals surface area contributed by atoms with Crippen molar-refractivity contribution in [2.75, 3.05) is 13.6 Å². The zero-order valence-corrected chi connectivity index (χ0v) is 9.95. The van der Waals surface area contributed by atoms with Gasteiger partial charge in [-0.05, 0) is 38.8 Å². The SMILES string of the molecule is CCC(CC#N)N(C)C1CCCC1CN. The van der Waals surface area contributed by atoms with Crippen LogP contribution in [0.2, 0.25) is 0 Å². The van der Waals surface area contributed by atoms with Crippen molar-refractivity contribution >= 4 is 0 Å². The molecule has 0 saturated heterocycles. The van der Waals surface area contributed by atoms with Crippen LogP contribution in [0, 0.1) is 17.2 Å². The molecule has 0 spiro atoms. The second-order valence-corrected chi connectivity index (χ2v) is 4.58. The van der Waals surface area contributed by atoms with Gasteiger partial charge in [0.1, 0.15) is 0 Å². The lowest BCUT2D eigenvalue weighted by atomic mass is 9.99. The summed E-state index contributed by atoms with van der Waals surface area (Å²) in [6, 6.07) is 3.30. The summed E-state index contributed by atoms with van der Waals surface area (Å²) in [6.45, 7) is 2.95. The van der Waals surface area contributed by atoms with Gasteiger partial charge in [-0.15, -0.1) is 0 Å². The third-order valence-corrected chi connectivity index (χ3v) is 3.82. The van der Waals surface area contributed by atoms with E-state index in [1.54, 1.807) is 0 Å². The van der Waals surface area contributed by atoms with Gasteiger partial charge in [-0.3, -0.25) is 4.90 Å². The van der Waals surface area contributed by atoms with Crippen LogP contribution in [-0.2, 0) is 0 Å². The highest BCUT2D eigenvalue weighted by atomic mass is 15.2. The Bertz CT molecular complexity index is 221. The van der Waals surface area contributed by atoms with Crippen molar-refractivity contribution in [2.45, 2.75) is 51.1 Å². The molecule has 2 N–H and O–H groups in total. The smallest absolute Gasteiger partial charge is 0.0638 e. The lowest BCUT2D eigenvalue weighted by Gasteiger charge is -2.34. The summed E-state index contributed by atoms with van der Waals surface area (Å²) >= 11 is 0. The monoisotopic (exact) mass is 209 g/mol. The second-order valence-electron chi connectivity index (χ2n) is 4.58. The van der Waals surface area contributed by atoms with E-state index in [0.717, 1.165) is 13.0 Å². The zero-order valence-electron chi connectivity index (χ0n) is 9.95. The molecule has 86 valence electrons. The van der Waals surface area contributed by atoms with Gasteiger partial charge in [-0.25, -0.2) is 0 Å². The predicted molar refractivity (Wildman–Crippen MR) is 62.3 cm³/mol. The number of nitrogens with two attached hydrogens (primary N) is 1. The molecule has 0 aliphatic heterocycles. The van der Waals surface area contributed by atoms with Crippen LogP contribution in [0.4, 0.5) is 0 Å². The first-order chi connectivity index (χ1) is 7.24. The van der Waals surface area contributed by atoms with Crippen molar-refractivity contribution in [3.05, 3.63) is 0 Å². The van der Waals surface area contributed by atoms with E-state index in [1.165, 1.54) is 19.3 Å². The van der Waals surface area contributed by atoms with Gasteiger partial charge in [-0.2, -0.15) is 5.26 Å². The summed E-state index contributed by atoms with van der Waals surface area (Å²) in [4.78, 5) is 2.40. The van der Waals surface area contributed by atoms with Gasteiger partial charge in [0.25, 0.3) is 0 Å². The summed E-state index contributed by atoms with van der Waals surface area (Å²) in [6.07, 6.45) is 5.49. The van der Waals surface area contributed by atoms with Gasteiger partial charge in [0.15, 0.2) is 0 Å². The molecule has 0 heterocycles. The van der Waals surface area contributed by atoms with Crippen molar-refractivity contribution in [3.63, 3.8) is 0 Å². The largest absolute Gasteiger partial charge is 0.330 e. The average Bonchev–Trinajstić information content (AvgIpc) is 2.72. The number of hydrogen-bond donors (Lipinski definition) is 1. The molecule has 3 unspecified atom stereocenters. The van der Waals surface area contributed by atoms with Gasteiger partial charge < -0.3 is 5.73 Å². The van der Waals surface area contributed by atoms with Gasteiger partial charge in [0, 0.05) is 12.1 Å². The molecule has 0 amide bonds. The molecule has 3 atom stereocenters. The lowest BCUT2D eigenvalue weighted by molar-refractivity contribution is 0.140. The fraction of sp³-hybridized carbons (Fsp3) is 0.917. The van der Waals surface area contributed by atoms with Crippen LogP contribution >= 0.6 is 0 Å². The molecular formula is C12H23N3. The van der Waals surface area contributed by atoms with Crippen molar-refractivity contribution < 1.29 is 0 Å². The van der Waals surface area contributed by atoms with E-state index in [-0.39, 0.29) is 0 Å². The van der Waals surface area contributed by atoms with Crippen LogP contribution in [0.5, 0.6) is 0 Å². The van der Waals surface area contributed by atoms with Crippen LogP contribution in [0.15, 0.2) is 0 Å². The number of nitrogens with zero attached hydrogens (tertiary/aromatic N) is 2. The number of nitriles is 1. The molecule has 3 nitrogen and oxygen atoms in total. The fourth-order valence-electron chi connectivity index (χ4n) is 2.78. The van der Waals surface area contributed by atoms with E-state index in [4.69, 9.17) is 11.0 Å². The molecule has 0 radical (unpaired) electrons. The predicted octanol–water partition coefficient (Wildman–Crippen LogP) is 1.74. The number of hydrogen-bond acceptors (Lipinski definition) is 3. The third kappa shape index (κ3) is 2.93. The van der Waals surface area contributed by atoms with Crippen LogP contribution in [0.1, 0.15) is 39.0 Å². The molecule has 0 bridgehead atoms. The first kappa shape index (κ1) is 12.5. The standard InChI is InChI=1S/C12H23N3/c1-3-11(7-8-13)15(2)12-6-4-5-10(12)9-14/h10-12H,3-7,9,14H2,1-2H3. The molecule has 0 aromatic heterocycles. The van der Waals surface area contributed by atoms with Gasteiger partial charge in [0.05, 0.1) is 12.5 Å². The lowest BCUT2D eigenvalue weighted by Crippen LogP contribution is -2.43. The molecule has 1 saturated carbocycles. The molecule has 0 aromatic rings. The summed E-state index contributed by atoms with van der Waals surface area (Å²) in [5.74, 6) is 0.641. The van der Waals surface area contributed by atoms with E-state index < -0.39 is 0 Å². The molecule has 1 aliphatic carbocycles. The first-order valence-electron chi connectivity index (χ1n) is 6.03. The Morgan fingerprint density at radius 2 is 2.27 bits per heavy atom. The van der Waals surface area contributed by atoms with Gasteiger partial charge >= 0.3 is 0 Å². The second kappa shape index (κ2) is 6.09. The Morgan fingerprint density at radius 3 is 2.80 bits per heavy atom. The summed E-state index contributed by atoms with van der Waals surface area (Å²) in [7, 11) is 2.16. The highest BCUT2D eigenvalue weighted by Crippen LogP contribution is 2.30. The quantitative estimate of drug-likeness (QED) is 0.750. The fourth-order valence-corrected chi connectivity index (χ4v) is 2.78. The Balaban J connectivity index is 2.57. The van der Waals surface area contributed by atoms with Crippen molar-refractivity contribution in [2.24, 2.45) is 11.7 Å². The molecule has 3 heteroatoms. The van der Waals surface area contributed by atoms with E-state index in [2.05, 4.69) is 24.9 Å². The zero-order chi connectivity index (χ0) is 11.3. The molecule has 0 aromatic carbocycles. The maximum atomic E-state index is 8.78. The molecule has 15 heavy (non-hydrogen) atoms. The minimum Gasteiger partial charge on any atom is -0.330 e. The minimum absolute atomic E-state index is 0.409. The van der Waals surface area contributed by atoms with E-state index in [1.807, 2.05) is 0 Å². The van der Waals surface area contributed by atoms with Crippen molar-refractivity contribution in [3.8, 4) is 6.07 Å². The van der Waals surface area contributed by atoms with E-state index >= 15 is 0 Å². The molecule has 1 fully saturated rings. The summed E-state index contributed by atoms with van der Waals surface area (Å²) in [5.41, 5.74) is 5.79. The highest BCUT2D eigenvalue weighted by molar-refractivity contribution is 4.90. The van der Waals surface area contributed by atoms with Crippen LogP contribution < -0.4 is 5.73 Å². The Labute approximate surface area is 93.2 Å². The van der Waals surface area contributed by atoms with E-state index in [9.17, 15) is 0 Å². The topological polar surface area (TPSA) is 53.0 Å². The normalized spacial score (nSPS) is 27.9. The Morgan fingerprint density at radius 1 is 1.53 bits per heavy atom. The maximum absolute atomic E-state index is 8.78. The molecular weight excluding hydrogens is 186 g/mol. The Hall–Kier alpha value is -0.590. The highest BCUT2D eigenvalue weighted by Gasteiger charge is 2.31.